The van der Waals surface area contributed by atoms with Crippen LogP contribution in [0.5, 0.6) is 11.5 Å². The molecule has 29 heavy (non-hydrogen) atoms. The van der Waals surface area contributed by atoms with Crippen molar-refractivity contribution in [2.75, 3.05) is 27.3 Å². The number of hydrogen-bond acceptors (Lipinski definition) is 4. The molecule has 2 aromatic carbocycles. The zero-order valence-corrected chi connectivity index (χ0v) is 17.9. The van der Waals surface area contributed by atoms with Gasteiger partial charge in [-0.1, -0.05) is 12.1 Å². The van der Waals surface area contributed by atoms with E-state index >= 15 is 0 Å². The molecular weight excluding hydrogens is 438 g/mol. The van der Waals surface area contributed by atoms with Crippen LogP contribution in [0.15, 0.2) is 45.7 Å². The van der Waals surface area contributed by atoms with Crippen LogP contribution in [-0.4, -0.2) is 47.7 Å². The molecule has 1 aromatic heterocycles. The molecule has 1 aliphatic heterocycles. The molecule has 4 rings (SSSR count). The number of nitrogens with one attached hydrogen (secondary N) is 1. The summed E-state index contributed by atoms with van der Waals surface area (Å²) in [6, 6.07) is 11.2. The van der Waals surface area contributed by atoms with E-state index in [1.807, 2.05) is 33.7 Å². The van der Waals surface area contributed by atoms with E-state index in [9.17, 15) is 9.59 Å². The van der Waals surface area contributed by atoms with E-state index in [-0.39, 0.29) is 17.6 Å². The lowest BCUT2D eigenvalue weighted by Crippen LogP contribution is -2.40. The van der Waals surface area contributed by atoms with Gasteiger partial charge >= 0.3 is 5.69 Å². The van der Waals surface area contributed by atoms with Crippen LogP contribution in [0.1, 0.15) is 29.2 Å². The number of imidazole rings is 1. The van der Waals surface area contributed by atoms with Crippen LogP contribution >= 0.6 is 15.9 Å². The van der Waals surface area contributed by atoms with Gasteiger partial charge in [-0.15, -0.1) is 0 Å². The number of amides is 1. The van der Waals surface area contributed by atoms with Crippen molar-refractivity contribution in [3.05, 3.63) is 56.9 Å². The van der Waals surface area contributed by atoms with Gasteiger partial charge in [0.2, 0.25) is 0 Å². The number of halogens is 1. The maximum absolute atomic E-state index is 13.0. The first-order valence-corrected chi connectivity index (χ1v) is 10.2. The van der Waals surface area contributed by atoms with Gasteiger partial charge in [0, 0.05) is 24.7 Å². The van der Waals surface area contributed by atoms with Crippen molar-refractivity contribution in [1.82, 2.24) is 14.5 Å². The average molecular weight is 460 g/mol. The summed E-state index contributed by atoms with van der Waals surface area (Å²) in [5, 5.41) is 0. The molecule has 1 amide bonds. The Labute approximate surface area is 176 Å². The monoisotopic (exact) mass is 459 g/mol. The van der Waals surface area contributed by atoms with Gasteiger partial charge in [-0.25, -0.2) is 4.79 Å². The summed E-state index contributed by atoms with van der Waals surface area (Å²) >= 11 is 3.43. The molecule has 7 nitrogen and oxygen atoms in total. The Hall–Kier alpha value is -2.74. The number of benzene rings is 2. The van der Waals surface area contributed by atoms with Gasteiger partial charge in [0.25, 0.3) is 5.91 Å². The minimum atomic E-state index is -0.0987. The van der Waals surface area contributed by atoms with E-state index < -0.39 is 0 Å². The molecule has 0 bridgehead atoms. The molecule has 8 heteroatoms. The fourth-order valence-corrected chi connectivity index (χ4v) is 4.49. The molecule has 1 fully saturated rings. The summed E-state index contributed by atoms with van der Waals surface area (Å²) < 4.78 is 13.2. The van der Waals surface area contributed by atoms with Crippen LogP contribution < -0.4 is 15.2 Å². The third-order valence-corrected chi connectivity index (χ3v) is 6.22. The predicted molar refractivity (Wildman–Crippen MR) is 114 cm³/mol. The highest BCUT2D eigenvalue weighted by Gasteiger charge is 2.27. The van der Waals surface area contributed by atoms with E-state index in [0.29, 0.717) is 34.6 Å². The van der Waals surface area contributed by atoms with Crippen molar-refractivity contribution in [2.24, 2.45) is 0 Å². The zero-order valence-electron chi connectivity index (χ0n) is 16.3. The number of nitrogens with zero attached hydrogens (tertiary/aromatic N) is 2. The highest BCUT2D eigenvalue weighted by atomic mass is 79.9. The van der Waals surface area contributed by atoms with Gasteiger partial charge < -0.3 is 19.4 Å². The summed E-state index contributed by atoms with van der Waals surface area (Å²) in [7, 11) is 3.11. The average Bonchev–Trinajstić information content (AvgIpc) is 3.09. The number of H-pyrrole nitrogens is 1. The smallest absolute Gasteiger partial charge is 0.326 e. The van der Waals surface area contributed by atoms with E-state index in [1.54, 1.807) is 26.4 Å². The third-order valence-electron chi connectivity index (χ3n) is 5.43. The van der Waals surface area contributed by atoms with Gasteiger partial charge in [0.1, 0.15) is 16.0 Å². The lowest BCUT2D eigenvalue weighted by Gasteiger charge is -2.32. The number of piperidine rings is 1. The second-order valence-electron chi connectivity index (χ2n) is 7.04. The highest BCUT2D eigenvalue weighted by molar-refractivity contribution is 9.10. The Balaban J connectivity index is 1.53. The molecule has 1 N–H and O–H groups in total. The molecule has 0 aliphatic carbocycles. The Morgan fingerprint density at radius 1 is 1.10 bits per heavy atom. The largest absolute Gasteiger partial charge is 0.495 e. The number of fused-ring (bicyclic) bond motifs is 1. The second-order valence-corrected chi connectivity index (χ2v) is 7.83. The quantitative estimate of drug-likeness (QED) is 0.646. The van der Waals surface area contributed by atoms with Gasteiger partial charge in [0.15, 0.2) is 0 Å². The van der Waals surface area contributed by atoms with Crippen LogP contribution in [0, 0.1) is 0 Å². The van der Waals surface area contributed by atoms with Crippen LogP contribution in [0.25, 0.3) is 11.0 Å². The Morgan fingerprint density at radius 2 is 1.72 bits per heavy atom. The first-order chi connectivity index (χ1) is 14.0. The lowest BCUT2D eigenvalue weighted by atomic mass is 10.0. The van der Waals surface area contributed by atoms with E-state index in [0.717, 1.165) is 23.9 Å². The summed E-state index contributed by atoms with van der Waals surface area (Å²) in [5.41, 5.74) is 2.16. The molecule has 0 spiro atoms. The highest BCUT2D eigenvalue weighted by Crippen LogP contribution is 2.36. The Bertz CT molecular complexity index is 1090. The molecule has 2 heterocycles. The third kappa shape index (κ3) is 3.53. The summed E-state index contributed by atoms with van der Waals surface area (Å²) in [4.78, 5) is 30.2. The first-order valence-electron chi connectivity index (χ1n) is 9.43. The van der Waals surface area contributed by atoms with E-state index in [2.05, 4.69) is 20.9 Å². The number of ether oxygens (including phenoxy) is 2. The molecule has 1 aliphatic rings. The number of hydrogen-bond donors (Lipinski definition) is 1. The Kier molecular flexibility index (Phi) is 5.36. The van der Waals surface area contributed by atoms with E-state index in [1.165, 1.54) is 0 Å². The van der Waals surface area contributed by atoms with Crippen molar-refractivity contribution in [1.29, 1.82) is 0 Å². The molecule has 0 radical (unpaired) electrons. The van der Waals surface area contributed by atoms with Gasteiger partial charge in [-0.2, -0.15) is 0 Å². The minimum Gasteiger partial charge on any atom is -0.495 e. The molecule has 0 saturated carbocycles. The normalized spacial score (nSPS) is 14.9. The van der Waals surface area contributed by atoms with Crippen LogP contribution in [-0.2, 0) is 0 Å². The Morgan fingerprint density at radius 3 is 2.34 bits per heavy atom. The second kappa shape index (κ2) is 7.94. The molecule has 0 atom stereocenters. The summed E-state index contributed by atoms with van der Waals surface area (Å²) in [6.07, 6.45) is 1.44. The molecule has 1 saturated heterocycles. The number of methoxy groups -OCH3 is 2. The van der Waals surface area contributed by atoms with E-state index in [4.69, 9.17) is 9.47 Å². The van der Waals surface area contributed by atoms with Crippen molar-refractivity contribution >= 4 is 32.9 Å². The minimum absolute atomic E-state index is 0.0664. The van der Waals surface area contributed by atoms with Crippen molar-refractivity contribution in [2.45, 2.75) is 18.9 Å². The number of aromatic nitrogens is 2. The number of carbonyl (C=O) groups is 1. The standard InChI is InChI=1S/C21H22BrN3O4/c1-28-17-11-13(12-18(29-2)19(17)22)20(26)24-9-7-14(8-10-24)25-16-6-4-3-5-15(16)23-21(25)27/h3-6,11-12,14H,7-10H2,1-2H3,(H,23,27). The number of carbonyl (C=O) groups excluding carboxylic acids is 1. The topological polar surface area (TPSA) is 76.6 Å². The number of rotatable bonds is 4. The summed E-state index contributed by atoms with van der Waals surface area (Å²) in [5.74, 6) is 1.03. The van der Waals surface area contributed by atoms with Gasteiger partial charge in [0.05, 0.1) is 25.3 Å². The van der Waals surface area contributed by atoms with Crippen molar-refractivity contribution in [3.63, 3.8) is 0 Å². The predicted octanol–water partition coefficient (Wildman–Crippen LogP) is 3.59. The van der Waals surface area contributed by atoms with Crippen molar-refractivity contribution < 1.29 is 14.3 Å². The molecule has 0 unspecified atom stereocenters. The SMILES string of the molecule is COc1cc(C(=O)N2CCC(n3c(=O)[nH]c4ccccc43)CC2)cc(OC)c1Br. The maximum Gasteiger partial charge on any atom is 0.326 e. The maximum atomic E-state index is 13.0. The first kappa shape index (κ1) is 19.6. The number of aromatic amines is 1. The van der Waals surface area contributed by atoms with Crippen LogP contribution in [0.2, 0.25) is 0 Å². The fourth-order valence-electron chi connectivity index (χ4n) is 3.94. The number of para-hydroxylation sites is 2. The fraction of sp³-hybridized carbons (Fsp3) is 0.333. The van der Waals surface area contributed by atoms with Gasteiger partial charge in [-0.3, -0.25) is 9.36 Å². The summed E-state index contributed by atoms with van der Waals surface area (Å²) in [6.45, 7) is 1.16. The van der Waals surface area contributed by atoms with Crippen molar-refractivity contribution in [3.8, 4) is 11.5 Å². The lowest BCUT2D eigenvalue weighted by molar-refractivity contribution is 0.0694. The van der Waals surface area contributed by atoms with Crippen LogP contribution in [0.4, 0.5) is 0 Å². The van der Waals surface area contributed by atoms with Crippen LogP contribution in [0.3, 0.4) is 0 Å². The molecule has 3 aromatic rings. The van der Waals surface area contributed by atoms with Gasteiger partial charge in [-0.05, 0) is 53.0 Å². The zero-order chi connectivity index (χ0) is 20.5. The molecule has 152 valence electrons. The number of likely N-dealkylation sites (tertiary alicyclic amines) is 1. The molecular formula is C21H22BrN3O4.